The molecule has 0 atom stereocenters. The van der Waals surface area contributed by atoms with Gasteiger partial charge in [0.1, 0.15) is 0 Å². The molecule has 0 unspecified atom stereocenters. The number of nitro benzene ring substituents is 1. The van der Waals surface area contributed by atoms with Crippen molar-refractivity contribution in [2.75, 3.05) is 0 Å². The third-order valence-electron chi connectivity index (χ3n) is 3.81. The van der Waals surface area contributed by atoms with Crippen LogP contribution in [0.5, 0.6) is 0 Å². The van der Waals surface area contributed by atoms with E-state index >= 15 is 0 Å². The van der Waals surface area contributed by atoms with Gasteiger partial charge in [-0.15, -0.1) is 0 Å². The Morgan fingerprint density at radius 1 is 1.30 bits per heavy atom. The van der Waals surface area contributed by atoms with E-state index in [9.17, 15) is 14.9 Å². The highest BCUT2D eigenvalue weighted by Crippen LogP contribution is 2.26. The van der Waals surface area contributed by atoms with Crippen molar-refractivity contribution in [1.29, 1.82) is 0 Å². The van der Waals surface area contributed by atoms with Crippen molar-refractivity contribution in [3.63, 3.8) is 0 Å². The largest absolute Gasteiger partial charge is 0.347 e. The topological polar surface area (TPSA) is 72.2 Å². The minimum absolute atomic E-state index is 0.104. The van der Waals surface area contributed by atoms with Crippen LogP contribution in [0.25, 0.3) is 0 Å². The smallest absolute Gasteiger partial charge is 0.284 e. The Labute approximate surface area is 127 Å². The number of amides is 1. The highest BCUT2D eigenvalue weighted by atomic mass is 79.9. The van der Waals surface area contributed by atoms with Gasteiger partial charge in [0.05, 0.1) is 9.40 Å². The lowest BCUT2D eigenvalue weighted by atomic mass is 9.89. The fourth-order valence-electron chi connectivity index (χ4n) is 2.12. The minimum atomic E-state index is -0.506. The third kappa shape index (κ3) is 3.56. The van der Waals surface area contributed by atoms with Gasteiger partial charge in [-0.25, -0.2) is 0 Å². The molecule has 0 heterocycles. The summed E-state index contributed by atoms with van der Waals surface area (Å²) in [6.07, 6.45) is 2.47. The predicted octanol–water partition coefficient (Wildman–Crippen LogP) is 4.06. The molecule has 0 aliphatic carbocycles. The molecular formula is C14H19BrN2O3. The van der Waals surface area contributed by atoms with Crippen LogP contribution in [-0.4, -0.2) is 16.4 Å². The van der Waals surface area contributed by atoms with E-state index in [0.717, 1.165) is 19.3 Å². The third-order valence-corrected chi connectivity index (χ3v) is 4.48. The van der Waals surface area contributed by atoms with E-state index in [4.69, 9.17) is 0 Å². The summed E-state index contributed by atoms with van der Waals surface area (Å²) < 4.78 is 0.367. The number of halogens is 1. The number of nitrogens with one attached hydrogen (secondary N) is 1. The Balaban J connectivity index is 3.04. The maximum absolute atomic E-state index is 12.3. The van der Waals surface area contributed by atoms with Gasteiger partial charge in [-0.05, 0) is 47.3 Å². The molecule has 1 aromatic carbocycles. The summed E-state index contributed by atoms with van der Waals surface area (Å²) in [7, 11) is 0. The Hall–Kier alpha value is -1.43. The first-order chi connectivity index (χ1) is 9.39. The molecule has 0 radical (unpaired) electrons. The second kappa shape index (κ2) is 6.83. The molecule has 20 heavy (non-hydrogen) atoms. The fraction of sp³-hybridized carbons (Fsp3) is 0.500. The van der Waals surface area contributed by atoms with E-state index in [1.807, 2.05) is 20.8 Å². The molecule has 6 heteroatoms. The van der Waals surface area contributed by atoms with Crippen LogP contribution in [0.2, 0.25) is 0 Å². The molecule has 1 amide bonds. The summed E-state index contributed by atoms with van der Waals surface area (Å²) in [4.78, 5) is 22.7. The van der Waals surface area contributed by atoms with E-state index in [2.05, 4.69) is 21.2 Å². The van der Waals surface area contributed by atoms with Crippen LogP contribution >= 0.6 is 15.9 Å². The number of hydrogen-bond donors (Lipinski definition) is 1. The van der Waals surface area contributed by atoms with Crippen LogP contribution in [0, 0.1) is 10.1 Å². The Kier molecular flexibility index (Phi) is 5.68. The number of carbonyl (C=O) groups excluding carboxylic acids is 1. The first-order valence-corrected chi connectivity index (χ1v) is 7.44. The Morgan fingerprint density at radius 3 is 2.30 bits per heavy atom. The zero-order chi connectivity index (χ0) is 15.3. The van der Waals surface area contributed by atoms with E-state index in [1.54, 1.807) is 6.07 Å². The molecule has 5 nitrogen and oxygen atoms in total. The van der Waals surface area contributed by atoms with Crippen LogP contribution in [0.4, 0.5) is 5.69 Å². The standard InChI is InChI=1S/C14H19BrN2O3/c1-4-14(5-2,6-3)16-13(18)10-7-8-11(15)12(9-10)17(19)20/h7-9H,4-6H2,1-3H3,(H,16,18). The fourth-order valence-corrected chi connectivity index (χ4v) is 2.51. The maximum atomic E-state index is 12.3. The summed E-state index contributed by atoms with van der Waals surface area (Å²) in [6.45, 7) is 6.08. The monoisotopic (exact) mass is 342 g/mol. The summed E-state index contributed by atoms with van der Waals surface area (Å²) in [5.74, 6) is -0.272. The van der Waals surface area contributed by atoms with Crippen molar-refractivity contribution >= 4 is 27.5 Å². The molecular weight excluding hydrogens is 324 g/mol. The molecule has 1 rings (SSSR count). The Morgan fingerprint density at radius 2 is 1.85 bits per heavy atom. The van der Waals surface area contributed by atoms with Gasteiger partial charge in [0, 0.05) is 17.2 Å². The number of nitrogens with zero attached hydrogens (tertiary/aromatic N) is 1. The van der Waals surface area contributed by atoms with Crippen molar-refractivity contribution in [2.45, 2.75) is 45.6 Å². The summed E-state index contributed by atoms with van der Waals surface area (Å²) in [5, 5.41) is 13.9. The summed E-state index contributed by atoms with van der Waals surface area (Å²) in [5.41, 5.74) is -0.0498. The SMILES string of the molecule is CCC(CC)(CC)NC(=O)c1ccc(Br)c([N+](=O)[O-])c1. The van der Waals surface area contributed by atoms with Crippen LogP contribution in [-0.2, 0) is 0 Å². The Bertz CT molecular complexity index is 505. The van der Waals surface area contributed by atoms with Crippen molar-refractivity contribution in [2.24, 2.45) is 0 Å². The quantitative estimate of drug-likeness (QED) is 0.625. The normalized spacial score (nSPS) is 11.2. The van der Waals surface area contributed by atoms with E-state index in [1.165, 1.54) is 12.1 Å². The molecule has 0 aliphatic rings. The average Bonchev–Trinajstić information content (AvgIpc) is 2.45. The van der Waals surface area contributed by atoms with Crippen molar-refractivity contribution < 1.29 is 9.72 Å². The number of rotatable bonds is 6. The summed E-state index contributed by atoms with van der Waals surface area (Å²) in [6, 6.07) is 4.40. The lowest BCUT2D eigenvalue weighted by Gasteiger charge is -2.31. The molecule has 0 aromatic heterocycles. The number of carbonyl (C=O) groups is 1. The average molecular weight is 343 g/mol. The zero-order valence-corrected chi connectivity index (χ0v) is 13.5. The van der Waals surface area contributed by atoms with Crippen molar-refractivity contribution in [1.82, 2.24) is 5.32 Å². The van der Waals surface area contributed by atoms with Crippen LogP contribution in [0.3, 0.4) is 0 Å². The second-order valence-corrected chi connectivity index (χ2v) is 5.57. The highest BCUT2D eigenvalue weighted by molar-refractivity contribution is 9.10. The second-order valence-electron chi connectivity index (χ2n) is 4.72. The molecule has 0 spiro atoms. The van der Waals surface area contributed by atoms with Gasteiger partial charge >= 0.3 is 0 Å². The lowest BCUT2D eigenvalue weighted by molar-refractivity contribution is -0.385. The predicted molar refractivity (Wildman–Crippen MR) is 81.9 cm³/mol. The van der Waals surface area contributed by atoms with Gasteiger partial charge in [0.2, 0.25) is 0 Å². The highest BCUT2D eigenvalue weighted by Gasteiger charge is 2.27. The number of benzene rings is 1. The number of hydrogen-bond acceptors (Lipinski definition) is 3. The maximum Gasteiger partial charge on any atom is 0.284 e. The van der Waals surface area contributed by atoms with Crippen molar-refractivity contribution in [3.8, 4) is 0 Å². The van der Waals surface area contributed by atoms with Crippen LogP contribution in [0.1, 0.15) is 50.4 Å². The molecule has 0 fully saturated rings. The molecule has 0 bridgehead atoms. The van der Waals surface area contributed by atoms with Gasteiger partial charge in [-0.1, -0.05) is 20.8 Å². The zero-order valence-electron chi connectivity index (χ0n) is 11.9. The van der Waals surface area contributed by atoms with Gasteiger partial charge in [0.15, 0.2) is 0 Å². The lowest BCUT2D eigenvalue weighted by Crippen LogP contribution is -2.47. The van der Waals surface area contributed by atoms with Gasteiger partial charge in [-0.2, -0.15) is 0 Å². The molecule has 1 N–H and O–H groups in total. The van der Waals surface area contributed by atoms with E-state index in [-0.39, 0.29) is 17.1 Å². The van der Waals surface area contributed by atoms with E-state index < -0.39 is 4.92 Å². The minimum Gasteiger partial charge on any atom is -0.347 e. The molecule has 1 aromatic rings. The molecule has 0 saturated carbocycles. The first-order valence-electron chi connectivity index (χ1n) is 6.65. The van der Waals surface area contributed by atoms with Gasteiger partial charge in [0.25, 0.3) is 11.6 Å². The molecule has 0 saturated heterocycles. The first kappa shape index (κ1) is 16.6. The summed E-state index contributed by atoms with van der Waals surface area (Å²) >= 11 is 3.11. The number of nitro groups is 1. The molecule has 110 valence electrons. The van der Waals surface area contributed by atoms with E-state index in [0.29, 0.717) is 10.0 Å². The van der Waals surface area contributed by atoms with Crippen LogP contribution in [0.15, 0.2) is 22.7 Å². The van der Waals surface area contributed by atoms with Gasteiger partial charge < -0.3 is 5.32 Å². The molecule has 0 aliphatic heterocycles. The van der Waals surface area contributed by atoms with Crippen LogP contribution < -0.4 is 5.32 Å². The van der Waals surface area contributed by atoms with Gasteiger partial charge in [-0.3, -0.25) is 14.9 Å². The van der Waals surface area contributed by atoms with Crippen molar-refractivity contribution in [3.05, 3.63) is 38.3 Å².